The third-order valence-corrected chi connectivity index (χ3v) is 5.60. The lowest BCUT2D eigenvalue weighted by Gasteiger charge is -2.08. The molecule has 0 spiro atoms. The Kier molecular flexibility index (Phi) is 5.01. The van der Waals surface area contributed by atoms with Crippen LogP contribution in [0.3, 0.4) is 0 Å². The van der Waals surface area contributed by atoms with Crippen LogP contribution >= 0.6 is 0 Å². The molecule has 0 unspecified atom stereocenters. The molecule has 1 aliphatic heterocycles. The van der Waals surface area contributed by atoms with Crippen molar-refractivity contribution in [3.63, 3.8) is 0 Å². The number of allylic oxidation sites excluding steroid dienone is 1. The Labute approximate surface area is 172 Å². The highest BCUT2D eigenvalue weighted by atomic mass is 32.2. The maximum Gasteiger partial charge on any atom is 0.339 e. The van der Waals surface area contributed by atoms with E-state index in [0.29, 0.717) is 11.3 Å². The molecule has 0 N–H and O–H groups in total. The molecular formula is C22H15FO6S. The number of hydrogen-bond acceptors (Lipinski definition) is 6. The Morgan fingerprint density at radius 2 is 1.70 bits per heavy atom. The van der Waals surface area contributed by atoms with Gasteiger partial charge in [0, 0.05) is 6.07 Å². The first-order chi connectivity index (χ1) is 14.4. The molecule has 1 heterocycles. The van der Waals surface area contributed by atoms with Crippen LogP contribution in [-0.2, 0) is 10.1 Å². The highest BCUT2D eigenvalue weighted by molar-refractivity contribution is 7.87. The van der Waals surface area contributed by atoms with E-state index < -0.39 is 15.9 Å². The van der Waals surface area contributed by atoms with Gasteiger partial charge in [-0.1, -0.05) is 12.1 Å². The first-order valence-corrected chi connectivity index (χ1v) is 10.2. The number of methoxy groups -OCH3 is 1. The van der Waals surface area contributed by atoms with Crippen molar-refractivity contribution < 1.29 is 31.3 Å². The lowest BCUT2D eigenvalue weighted by molar-refractivity contribution is 0.101. The fourth-order valence-electron chi connectivity index (χ4n) is 2.88. The van der Waals surface area contributed by atoms with Crippen LogP contribution in [0.4, 0.5) is 4.39 Å². The van der Waals surface area contributed by atoms with Crippen molar-refractivity contribution in [2.24, 2.45) is 0 Å². The number of fused-ring (bicyclic) bond motifs is 1. The number of Topliss-reactive ketones (excluding diaryl/α,β-unsaturated/α-hetero) is 1. The lowest BCUT2D eigenvalue weighted by Crippen LogP contribution is -2.09. The second-order valence-electron chi connectivity index (χ2n) is 6.37. The van der Waals surface area contributed by atoms with Crippen molar-refractivity contribution in [3.8, 4) is 17.2 Å². The summed E-state index contributed by atoms with van der Waals surface area (Å²) in [7, 11) is -2.61. The molecule has 0 bridgehead atoms. The van der Waals surface area contributed by atoms with Crippen LogP contribution in [0.5, 0.6) is 17.2 Å². The van der Waals surface area contributed by atoms with Crippen molar-refractivity contribution in [3.05, 3.63) is 89.4 Å². The number of ether oxygens (including phenoxy) is 2. The fraction of sp³-hybridized carbons (Fsp3) is 0.0455. The van der Waals surface area contributed by atoms with Gasteiger partial charge in [-0.25, -0.2) is 4.39 Å². The number of benzene rings is 3. The summed E-state index contributed by atoms with van der Waals surface area (Å²) in [5.74, 6) is -0.165. The molecule has 30 heavy (non-hydrogen) atoms. The van der Waals surface area contributed by atoms with E-state index in [-0.39, 0.29) is 33.5 Å². The van der Waals surface area contributed by atoms with Crippen LogP contribution in [0, 0.1) is 5.82 Å². The van der Waals surface area contributed by atoms with Crippen LogP contribution in [0.15, 0.2) is 77.4 Å². The van der Waals surface area contributed by atoms with Gasteiger partial charge in [-0.3, -0.25) is 4.79 Å². The summed E-state index contributed by atoms with van der Waals surface area (Å²) in [5, 5.41) is 0. The number of carbonyl (C=O) groups excluding carboxylic acids is 1. The maximum atomic E-state index is 13.4. The van der Waals surface area contributed by atoms with Gasteiger partial charge in [0.25, 0.3) is 0 Å². The van der Waals surface area contributed by atoms with Gasteiger partial charge in [-0.05, 0) is 60.2 Å². The van der Waals surface area contributed by atoms with Crippen LogP contribution in [0.1, 0.15) is 15.9 Å². The van der Waals surface area contributed by atoms with E-state index in [2.05, 4.69) is 0 Å². The van der Waals surface area contributed by atoms with E-state index in [1.165, 1.54) is 73.8 Å². The molecule has 3 aromatic rings. The van der Waals surface area contributed by atoms with E-state index in [1.54, 1.807) is 6.07 Å². The number of carbonyl (C=O) groups is 1. The van der Waals surface area contributed by atoms with E-state index in [1.807, 2.05) is 0 Å². The molecule has 0 amide bonds. The largest absolute Gasteiger partial charge is 0.497 e. The van der Waals surface area contributed by atoms with Crippen molar-refractivity contribution in [1.82, 2.24) is 0 Å². The molecule has 0 atom stereocenters. The van der Waals surface area contributed by atoms with Gasteiger partial charge in [-0.2, -0.15) is 8.42 Å². The second-order valence-corrected chi connectivity index (χ2v) is 7.91. The summed E-state index contributed by atoms with van der Waals surface area (Å²) >= 11 is 0. The zero-order valence-electron chi connectivity index (χ0n) is 15.7. The van der Waals surface area contributed by atoms with Crippen molar-refractivity contribution >= 4 is 22.0 Å². The first kappa shape index (κ1) is 19.7. The average molecular weight is 426 g/mol. The molecule has 1 aliphatic rings. The second kappa shape index (κ2) is 7.64. The summed E-state index contributed by atoms with van der Waals surface area (Å²) in [5.41, 5.74) is 0.719. The zero-order valence-corrected chi connectivity index (χ0v) is 16.5. The summed E-state index contributed by atoms with van der Waals surface area (Å²) in [4.78, 5) is 12.5. The predicted molar refractivity (Wildman–Crippen MR) is 107 cm³/mol. The highest BCUT2D eigenvalue weighted by Gasteiger charge is 2.28. The highest BCUT2D eigenvalue weighted by Crippen LogP contribution is 2.35. The Morgan fingerprint density at radius 1 is 0.967 bits per heavy atom. The minimum atomic E-state index is -4.09. The molecule has 0 aliphatic carbocycles. The van der Waals surface area contributed by atoms with Crippen LogP contribution in [0.25, 0.3) is 6.08 Å². The molecule has 8 heteroatoms. The summed E-state index contributed by atoms with van der Waals surface area (Å²) in [6, 6.07) is 15.5. The minimum Gasteiger partial charge on any atom is -0.497 e. The summed E-state index contributed by atoms with van der Waals surface area (Å²) in [6.45, 7) is 0. The van der Waals surface area contributed by atoms with E-state index in [9.17, 15) is 17.6 Å². The Balaban J connectivity index is 1.58. The van der Waals surface area contributed by atoms with Crippen molar-refractivity contribution in [1.29, 1.82) is 0 Å². The molecule has 3 aromatic carbocycles. The molecule has 0 radical (unpaired) electrons. The standard InChI is InChI=1S/C22H15FO6S/c1-27-16-5-8-18(9-6-16)30(25,26)29-17-7-10-19-20(13-17)28-21(22(19)24)12-14-3-2-4-15(23)11-14/h2-13H,1H3/b21-12-. The van der Waals surface area contributed by atoms with Gasteiger partial charge in [0.1, 0.15) is 28.0 Å². The van der Waals surface area contributed by atoms with Crippen LogP contribution in [0.2, 0.25) is 0 Å². The van der Waals surface area contributed by atoms with Crippen LogP contribution < -0.4 is 13.7 Å². The van der Waals surface area contributed by atoms with Gasteiger partial charge in [0.05, 0.1) is 12.7 Å². The normalized spacial score (nSPS) is 14.3. The molecule has 6 nitrogen and oxygen atoms in total. The van der Waals surface area contributed by atoms with E-state index in [4.69, 9.17) is 13.7 Å². The number of hydrogen-bond donors (Lipinski definition) is 0. The van der Waals surface area contributed by atoms with Gasteiger partial charge >= 0.3 is 10.1 Å². The lowest BCUT2D eigenvalue weighted by atomic mass is 10.1. The number of ketones is 1. The number of halogens is 1. The third kappa shape index (κ3) is 3.90. The monoisotopic (exact) mass is 426 g/mol. The van der Waals surface area contributed by atoms with Crippen LogP contribution in [-0.4, -0.2) is 21.3 Å². The minimum absolute atomic E-state index is 0.00533. The molecule has 0 saturated carbocycles. The van der Waals surface area contributed by atoms with Gasteiger partial charge in [0.2, 0.25) is 5.78 Å². The quantitative estimate of drug-likeness (QED) is 0.449. The smallest absolute Gasteiger partial charge is 0.339 e. The maximum absolute atomic E-state index is 13.4. The van der Waals surface area contributed by atoms with E-state index >= 15 is 0 Å². The fourth-order valence-corrected chi connectivity index (χ4v) is 3.81. The molecule has 4 rings (SSSR count). The molecule has 152 valence electrons. The van der Waals surface area contributed by atoms with Gasteiger partial charge in [0.15, 0.2) is 5.76 Å². The van der Waals surface area contributed by atoms with Gasteiger partial charge in [-0.15, -0.1) is 0 Å². The summed E-state index contributed by atoms with van der Waals surface area (Å²) < 4.78 is 54.1. The molecular weight excluding hydrogens is 411 g/mol. The Morgan fingerprint density at radius 3 is 2.40 bits per heavy atom. The third-order valence-electron chi connectivity index (χ3n) is 4.34. The topological polar surface area (TPSA) is 78.9 Å². The Bertz CT molecular complexity index is 1260. The summed E-state index contributed by atoms with van der Waals surface area (Å²) in [6.07, 6.45) is 1.42. The van der Waals surface area contributed by atoms with Crippen molar-refractivity contribution in [2.75, 3.05) is 7.11 Å². The molecule has 0 saturated heterocycles. The first-order valence-electron chi connectivity index (χ1n) is 8.78. The zero-order chi connectivity index (χ0) is 21.3. The SMILES string of the molecule is COc1ccc(S(=O)(=O)Oc2ccc3c(c2)O/C(=C\c2cccc(F)c2)C3=O)cc1. The van der Waals surface area contributed by atoms with E-state index in [0.717, 1.165) is 0 Å². The average Bonchev–Trinajstić information content (AvgIpc) is 3.02. The van der Waals surface area contributed by atoms with Gasteiger partial charge < -0.3 is 13.7 Å². The van der Waals surface area contributed by atoms with Crippen molar-refractivity contribution in [2.45, 2.75) is 4.90 Å². The Hall–Kier alpha value is -3.65. The molecule has 0 fully saturated rings. The molecule has 0 aromatic heterocycles. The number of rotatable bonds is 5. The predicted octanol–water partition coefficient (Wildman–Crippen LogP) is 4.22.